The van der Waals surface area contributed by atoms with Gasteiger partial charge in [-0.15, -0.1) is 0 Å². The maximum atomic E-state index is 9.13. The second-order valence-corrected chi connectivity index (χ2v) is 4.81. The van der Waals surface area contributed by atoms with Crippen molar-refractivity contribution in [1.82, 2.24) is 0 Å². The van der Waals surface area contributed by atoms with Crippen LogP contribution in [-0.2, 0) is 0 Å². The highest BCUT2D eigenvalue weighted by atomic mass is 16.3. The number of hydrogen-bond donors (Lipinski definition) is 1. The normalized spacial score (nSPS) is 22.8. The van der Waals surface area contributed by atoms with E-state index in [0.29, 0.717) is 12.5 Å². The fourth-order valence-corrected chi connectivity index (χ4v) is 2.51. The maximum absolute atomic E-state index is 9.13. The zero-order valence-corrected chi connectivity index (χ0v) is 10.6. The molecule has 0 aromatic carbocycles. The van der Waals surface area contributed by atoms with Crippen LogP contribution in [0.25, 0.3) is 0 Å². The number of unbranched alkanes of at least 4 members (excludes halogenated alkanes) is 1. The van der Waals surface area contributed by atoms with Crippen molar-refractivity contribution in [3.8, 4) is 0 Å². The lowest BCUT2D eigenvalue weighted by Gasteiger charge is -2.26. The Hall–Kier alpha value is -0.560. The molecule has 0 radical (unpaired) electrons. The van der Waals surface area contributed by atoms with Crippen molar-refractivity contribution in [2.75, 3.05) is 6.61 Å². The average Bonchev–Trinajstić information content (AvgIpc) is 2.34. The minimum absolute atomic E-state index is 0.340. The first-order valence-corrected chi connectivity index (χ1v) is 6.79. The first-order valence-electron chi connectivity index (χ1n) is 6.79. The highest BCUT2D eigenvalue weighted by Gasteiger charge is 2.19. The van der Waals surface area contributed by atoms with E-state index in [-0.39, 0.29) is 0 Å². The van der Waals surface area contributed by atoms with Gasteiger partial charge in [-0.1, -0.05) is 37.6 Å². The highest BCUT2D eigenvalue weighted by Crippen LogP contribution is 2.30. The molecule has 0 saturated carbocycles. The van der Waals surface area contributed by atoms with Gasteiger partial charge in [0, 0.05) is 6.61 Å². The first kappa shape index (κ1) is 13.5. The van der Waals surface area contributed by atoms with Crippen LogP contribution in [0.4, 0.5) is 0 Å². The van der Waals surface area contributed by atoms with Crippen LogP contribution in [0.15, 0.2) is 24.3 Å². The molecule has 0 heterocycles. The molecule has 0 amide bonds. The Kier molecular flexibility index (Phi) is 7.24. The number of rotatable bonds is 7. The van der Waals surface area contributed by atoms with E-state index in [1.165, 1.54) is 32.1 Å². The average molecular weight is 222 g/mol. The molecule has 1 N–H and O–H groups in total. The fraction of sp³-hybridized carbons (Fsp3) is 0.733. The van der Waals surface area contributed by atoms with Crippen molar-refractivity contribution in [2.24, 2.45) is 11.8 Å². The second kappa shape index (κ2) is 8.58. The van der Waals surface area contributed by atoms with E-state index < -0.39 is 0 Å². The van der Waals surface area contributed by atoms with Crippen LogP contribution in [0, 0.1) is 11.8 Å². The van der Waals surface area contributed by atoms with Crippen molar-refractivity contribution >= 4 is 0 Å². The summed E-state index contributed by atoms with van der Waals surface area (Å²) in [5.41, 5.74) is 0. The van der Waals surface area contributed by atoms with Gasteiger partial charge < -0.3 is 5.11 Å². The van der Waals surface area contributed by atoms with Gasteiger partial charge in [0.15, 0.2) is 0 Å². The van der Waals surface area contributed by atoms with Gasteiger partial charge >= 0.3 is 0 Å². The third kappa shape index (κ3) is 4.98. The highest BCUT2D eigenvalue weighted by molar-refractivity contribution is 4.94. The zero-order valence-electron chi connectivity index (χ0n) is 10.6. The Labute approximate surface area is 100 Å². The van der Waals surface area contributed by atoms with E-state index >= 15 is 0 Å². The van der Waals surface area contributed by atoms with Gasteiger partial charge in [-0.05, 0) is 50.4 Å². The molecule has 0 bridgehead atoms. The molecule has 1 rings (SSSR count). The Bertz CT molecular complexity index is 217. The molecule has 2 unspecified atom stereocenters. The van der Waals surface area contributed by atoms with Gasteiger partial charge in [-0.25, -0.2) is 0 Å². The third-order valence-electron chi connectivity index (χ3n) is 3.54. The van der Waals surface area contributed by atoms with Crippen molar-refractivity contribution in [1.29, 1.82) is 0 Å². The third-order valence-corrected chi connectivity index (χ3v) is 3.54. The van der Waals surface area contributed by atoms with Crippen molar-refractivity contribution in [2.45, 2.75) is 51.9 Å². The Morgan fingerprint density at radius 3 is 2.88 bits per heavy atom. The standard InChI is InChI=1S/C15H26O/c1-2-3-4-6-11-15(12-13-16)14-9-7-5-8-10-14/h4-7,14-16H,2-3,8-13H2,1H3/b6-4-. The minimum atomic E-state index is 0.340. The summed E-state index contributed by atoms with van der Waals surface area (Å²) in [4.78, 5) is 0. The molecule has 1 nitrogen and oxygen atoms in total. The molecule has 1 heteroatoms. The van der Waals surface area contributed by atoms with Gasteiger partial charge in [0.25, 0.3) is 0 Å². The van der Waals surface area contributed by atoms with E-state index in [1.54, 1.807) is 0 Å². The van der Waals surface area contributed by atoms with Gasteiger partial charge in [0.05, 0.1) is 0 Å². The Morgan fingerprint density at radius 2 is 2.25 bits per heavy atom. The molecule has 0 aromatic rings. The van der Waals surface area contributed by atoms with Crippen LogP contribution < -0.4 is 0 Å². The number of aliphatic hydroxyl groups excluding tert-OH is 1. The van der Waals surface area contributed by atoms with E-state index in [9.17, 15) is 0 Å². The number of aliphatic hydroxyl groups is 1. The molecule has 0 saturated heterocycles. The Morgan fingerprint density at radius 1 is 1.38 bits per heavy atom. The molecule has 0 aromatic heterocycles. The summed E-state index contributed by atoms with van der Waals surface area (Å²) in [5.74, 6) is 1.48. The summed E-state index contributed by atoms with van der Waals surface area (Å²) in [7, 11) is 0. The van der Waals surface area contributed by atoms with E-state index in [0.717, 1.165) is 18.8 Å². The lowest BCUT2D eigenvalue weighted by atomic mass is 9.79. The van der Waals surface area contributed by atoms with Crippen LogP contribution in [0.2, 0.25) is 0 Å². The van der Waals surface area contributed by atoms with Crippen molar-refractivity contribution < 1.29 is 5.11 Å². The van der Waals surface area contributed by atoms with Gasteiger partial charge in [0.1, 0.15) is 0 Å². The van der Waals surface area contributed by atoms with E-state index in [4.69, 9.17) is 5.11 Å². The summed E-state index contributed by atoms with van der Waals surface area (Å²) in [5, 5.41) is 9.13. The van der Waals surface area contributed by atoms with Gasteiger partial charge in [0.2, 0.25) is 0 Å². The van der Waals surface area contributed by atoms with E-state index in [1.807, 2.05) is 0 Å². The molecular weight excluding hydrogens is 196 g/mol. The molecule has 0 spiro atoms. The summed E-state index contributed by atoms with van der Waals surface area (Å²) < 4.78 is 0. The molecule has 1 aliphatic carbocycles. The van der Waals surface area contributed by atoms with Crippen molar-refractivity contribution in [3.05, 3.63) is 24.3 Å². The van der Waals surface area contributed by atoms with E-state index in [2.05, 4.69) is 31.2 Å². The lowest BCUT2D eigenvalue weighted by Crippen LogP contribution is -2.17. The molecule has 1 aliphatic rings. The summed E-state index contributed by atoms with van der Waals surface area (Å²) in [6.45, 7) is 2.55. The SMILES string of the molecule is CCC/C=C\CC(CCO)C1CC=CCC1. The topological polar surface area (TPSA) is 20.2 Å². The number of hydrogen-bond acceptors (Lipinski definition) is 1. The van der Waals surface area contributed by atoms with Gasteiger partial charge in [-0.2, -0.15) is 0 Å². The van der Waals surface area contributed by atoms with Crippen LogP contribution >= 0.6 is 0 Å². The molecular formula is C15H26O. The summed E-state index contributed by atoms with van der Waals surface area (Å²) in [6, 6.07) is 0. The molecule has 2 atom stereocenters. The first-order chi connectivity index (χ1) is 7.88. The molecule has 92 valence electrons. The monoisotopic (exact) mass is 222 g/mol. The van der Waals surface area contributed by atoms with Crippen LogP contribution in [0.3, 0.4) is 0 Å². The van der Waals surface area contributed by atoms with Crippen LogP contribution in [-0.4, -0.2) is 11.7 Å². The summed E-state index contributed by atoms with van der Waals surface area (Å²) >= 11 is 0. The maximum Gasteiger partial charge on any atom is 0.0433 e. The van der Waals surface area contributed by atoms with Gasteiger partial charge in [-0.3, -0.25) is 0 Å². The zero-order chi connectivity index (χ0) is 11.6. The summed E-state index contributed by atoms with van der Waals surface area (Å²) in [6.07, 6.45) is 17.5. The molecule has 0 aliphatic heterocycles. The quantitative estimate of drug-likeness (QED) is 0.643. The number of allylic oxidation sites excluding steroid dienone is 4. The fourth-order valence-electron chi connectivity index (χ4n) is 2.51. The lowest BCUT2D eigenvalue weighted by molar-refractivity contribution is 0.211. The predicted octanol–water partition coefficient (Wildman–Crippen LogP) is 4.09. The van der Waals surface area contributed by atoms with Crippen LogP contribution in [0.1, 0.15) is 51.9 Å². The smallest absolute Gasteiger partial charge is 0.0433 e. The second-order valence-electron chi connectivity index (χ2n) is 4.81. The predicted molar refractivity (Wildman–Crippen MR) is 70.3 cm³/mol. The largest absolute Gasteiger partial charge is 0.396 e. The Balaban J connectivity index is 2.36. The molecule has 16 heavy (non-hydrogen) atoms. The van der Waals surface area contributed by atoms with Crippen LogP contribution in [0.5, 0.6) is 0 Å². The minimum Gasteiger partial charge on any atom is -0.396 e. The molecule has 0 fully saturated rings. The van der Waals surface area contributed by atoms with Crippen molar-refractivity contribution in [3.63, 3.8) is 0 Å².